The van der Waals surface area contributed by atoms with Gasteiger partial charge < -0.3 is 5.32 Å². The third kappa shape index (κ3) is 5.77. The van der Waals surface area contributed by atoms with Crippen LogP contribution in [0.4, 0.5) is 10.1 Å². The van der Waals surface area contributed by atoms with Crippen LogP contribution in [0.2, 0.25) is 0 Å². The predicted octanol–water partition coefficient (Wildman–Crippen LogP) is 3.90. The number of pyridine rings is 1. The predicted molar refractivity (Wildman–Crippen MR) is 112 cm³/mol. The summed E-state index contributed by atoms with van der Waals surface area (Å²) in [4.78, 5) is 16.7. The van der Waals surface area contributed by atoms with Gasteiger partial charge in [-0.1, -0.05) is 30.7 Å². The molecule has 6 nitrogen and oxygen atoms in total. The number of halogens is 1. The van der Waals surface area contributed by atoms with Gasteiger partial charge in [-0.05, 0) is 50.1 Å². The minimum absolute atomic E-state index is 0.167. The third-order valence-corrected chi connectivity index (χ3v) is 7.60. The van der Waals surface area contributed by atoms with Crippen LogP contribution in [-0.2, 0) is 14.8 Å². The summed E-state index contributed by atoms with van der Waals surface area (Å²) < 4.78 is 40.4. The minimum atomic E-state index is -3.54. The first-order chi connectivity index (χ1) is 13.9. The monoisotopic (exact) mass is 437 g/mol. The van der Waals surface area contributed by atoms with Gasteiger partial charge in [0.15, 0.2) is 0 Å². The number of aromatic nitrogens is 1. The second kappa shape index (κ2) is 9.69. The van der Waals surface area contributed by atoms with Crippen molar-refractivity contribution in [2.45, 2.75) is 47.8 Å². The lowest BCUT2D eigenvalue weighted by Gasteiger charge is -2.19. The molecule has 1 atom stereocenters. The van der Waals surface area contributed by atoms with Crippen LogP contribution >= 0.6 is 11.8 Å². The molecule has 1 fully saturated rings. The molecule has 1 saturated heterocycles. The number of hydrogen-bond donors (Lipinski definition) is 1. The number of hydrogen-bond acceptors (Lipinski definition) is 5. The van der Waals surface area contributed by atoms with Crippen molar-refractivity contribution in [2.75, 3.05) is 18.4 Å². The van der Waals surface area contributed by atoms with Gasteiger partial charge in [0.25, 0.3) is 0 Å². The molecule has 0 saturated carbocycles. The van der Waals surface area contributed by atoms with E-state index in [9.17, 15) is 17.6 Å². The Hall–Kier alpha value is -1.97. The van der Waals surface area contributed by atoms with E-state index >= 15 is 0 Å². The fourth-order valence-corrected chi connectivity index (χ4v) is 5.32. The van der Waals surface area contributed by atoms with Gasteiger partial charge >= 0.3 is 0 Å². The lowest BCUT2D eigenvalue weighted by molar-refractivity contribution is -0.115. The molecule has 1 aliphatic rings. The van der Waals surface area contributed by atoms with Gasteiger partial charge in [-0.2, -0.15) is 4.31 Å². The van der Waals surface area contributed by atoms with Gasteiger partial charge in [0.1, 0.15) is 10.7 Å². The molecule has 2 heterocycles. The van der Waals surface area contributed by atoms with Gasteiger partial charge in [0, 0.05) is 25.0 Å². The highest BCUT2D eigenvalue weighted by atomic mass is 32.2. The Kier molecular flexibility index (Phi) is 7.26. The summed E-state index contributed by atoms with van der Waals surface area (Å²) in [6.45, 7) is 2.79. The third-order valence-electron chi connectivity index (χ3n) is 4.67. The number of benzene rings is 1. The maximum absolute atomic E-state index is 13.2. The SMILES string of the molecule is CC(Sc1ccc(S(=O)(=O)N2CCCCCC2)cn1)C(=O)Nc1cccc(F)c1. The molecule has 0 aliphatic carbocycles. The Balaban J connectivity index is 1.62. The van der Waals surface area contributed by atoms with Crippen LogP contribution in [0.3, 0.4) is 0 Å². The molecule has 0 bridgehead atoms. The van der Waals surface area contributed by atoms with Gasteiger partial charge in [-0.3, -0.25) is 4.79 Å². The van der Waals surface area contributed by atoms with Crippen molar-refractivity contribution < 1.29 is 17.6 Å². The molecule has 1 aromatic carbocycles. The average Bonchev–Trinajstić information content (AvgIpc) is 2.98. The van der Waals surface area contributed by atoms with Gasteiger partial charge in [-0.25, -0.2) is 17.8 Å². The Labute approximate surface area is 175 Å². The number of carbonyl (C=O) groups is 1. The van der Waals surface area contributed by atoms with E-state index in [-0.39, 0.29) is 10.8 Å². The molecule has 1 amide bonds. The molecule has 156 valence electrons. The standard InChI is InChI=1S/C20H24FN3O3S2/c1-15(20(25)23-17-8-6-7-16(21)13-17)28-19-10-9-18(14-22-19)29(26,27)24-11-4-2-3-5-12-24/h6-10,13-15H,2-5,11-12H2,1H3,(H,23,25). The fraction of sp³-hybridized carbons (Fsp3) is 0.400. The summed E-state index contributed by atoms with van der Waals surface area (Å²) in [5.41, 5.74) is 0.384. The largest absolute Gasteiger partial charge is 0.325 e. The summed E-state index contributed by atoms with van der Waals surface area (Å²) in [5.74, 6) is -0.713. The van der Waals surface area contributed by atoms with E-state index in [2.05, 4.69) is 10.3 Å². The number of thioether (sulfide) groups is 1. The molecule has 0 spiro atoms. The van der Waals surface area contributed by atoms with Crippen molar-refractivity contribution in [3.63, 3.8) is 0 Å². The summed E-state index contributed by atoms with van der Waals surface area (Å²) in [7, 11) is -3.54. The maximum Gasteiger partial charge on any atom is 0.244 e. The molecule has 9 heteroatoms. The summed E-state index contributed by atoms with van der Waals surface area (Å²) in [5, 5.41) is 2.71. The molecule has 1 aliphatic heterocycles. The summed E-state index contributed by atoms with van der Waals surface area (Å²) in [6.07, 6.45) is 5.20. The van der Waals surface area contributed by atoms with Gasteiger partial charge in [0.2, 0.25) is 15.9 Å². The molecular formula is C20H24FN3O3S2. The average molecular weight is 438 g/mol. The topological polar surface area (TPSA) is 79.4 Å². The van der Waals surface area contributed by atoms with Crippen molar-refractivity contribution in [1.82, 2.24) is 9.29 Å². The zero-order valence-corrected chi connectivity index (χ0v) is 17.8. The molecule has 1 aromatic heterocycles. The van der Waals surface area contributed by atoms with Crippen molar-refractivity contribution in [1.29, 1.82) is 0 Å². The van der Waals surface area contributed by atoms with E-state index in [1.165, 1.54) is 46.5 Å². The quantitative estimate of drug-likeness (QED) is 0.694. The van der Waals surface area contributed by atoms with Crippen molar-refractivity contribution in [3.8, 4) is 0 Å². The van der Waals surface area contributed by atoms with Crippen LogP contribution in [0.5, 0.6) is 0 Å². The second-order valence-corrected chi connectivity index (χ2v) is 10.2. The summed E-state index contributed by atoms with van der Waals surface area (Å²) >= 11 is 1.21. The first kappa shape index (κ1) is 21.7. The fourth-order valence-electron chi connectivity index (χ4n) is 3.06. The number of nitrogens with one attached hydrogen (secondary N) is 1. The first-order valence-corrected chi connectivity index (χ1v) is 11.9. The van der Waals surface area contributed by atoms with Crippen LogP contribution in [0.25, 0.3) is 0 Å². The number of amides is 1. The number of sulfonamides is 1. The van der Waals surface area contributed by atoms with E-state index in [1.807, 2.05) is 0 Å². The van der Waals surface area contributed by atoms with E-state index in [4.69, 9.17) is 0 Å². The molecule has 3 rings (SSSR count). The van der Waals surface area contributed by atoms with Crippen molar-refractivity contribution >= 4 is 33.4 Å². The van der Waals surface area contributed by atoms with Crippen LogP contribution in [-0.4, -0.2) is 42.0 Å². The van der Waals surface area contributed by atoms with Crippen LogP contribution < -0.4 is 5.32 Å². The van der Waals surface area contributed by atoms with Crippen LogP contribution in [0.15, 0.2) is 52.5 Å². The Morgan fingerprint density at radius 3 is 2.52 bits per heavy atom. The van der Waals surface area contributed by atoms with Gasteiger partial charge in [0.05, 0.1) is 10.3 Å². The molecule has 1 N–H and O–H groups in total. The second-order valence-electron chi connectivity index (χ2n) is 6.91. The highest BCUT2D eigenvalue weighted by Crippen LogP contribution is 2.25. The number of rotatable bonds is 6. The van der Waals surface area contributed by atoms with E-state index in [1.54, 1.807) is 19.1 Å². The van der Waals surface area contributed by atoms with E-state index < -0.39 is 21.1 Å². The lowest BCUT2D eigenvalue weighted by Crippen LogP contribution is -2.32. The maximum atomic E-state index is 13.2. The zero-order valence-electron chi connectivity index (χ0n) is 16.2. The van der Waals surface area contributed by atoms with Gasteiger partial charge in [-0.15, -0.1) is 0 Å². The Bertz CT molecular complexity index is 944. The number of anilines is 1. The van der Waals surface area contributed by atoms with Crippen LogP contribution in [0.1, 0.15) is 32.6 Å². The van der Waals surface area contributed by atoms with Crippen LogP contribution in [0, 0.1) is 5.82 Å². The van der Waals surface area contributed by atoms with Crippen molar-refractivity contribution in [2.24, 2.45) is 0 Å². The number of nitrogens with zero attached hydrogens (tertiary/aromatic N) is 2. The lowest BCUT2D eigenvalue weighted by atomic mass is 10.2. The molecule has 1 unspecified atom stereocenters. The highest BCUT2D eigenvalue weighted by molar-refractivity contribution is 8.00. The molecular weight excluding hydrogens is 413 g/mol. The summed E-state index contributed by atoms with van der Waals surface area (Å²) in [6, 6.07) is 8.83. The molecule has 2 aromatic rings. The Morgan fingerprint density at radius 1 is 1.17 bits per heavy atom. The molecule has 29 heavy (non-hydrogen) atoms. The smallest absolute Gasteiger partial charge is 0.244 e. The zero-order chi connectivity index (χ0) is 20.9. The molecule has 0 radical (unpaired) electrons. The van der Waals surface area contributed by atoms with E-state index in [0.29, 0.717) is 23.8 Å². The first-order valence-electron chi connectivity index (χ1n) is 9.55. The highest BCUT2D eigenvalue weighted by Gasteiger charge is 2.25. The minimum Gasteiger partial charge on any atom is -0.325 e. The van der Waals surface area contributed by atoms with Crippen molar-refractivity contribution in [3.05, 3.63) is 48.4 Å². The number of carbonyl (C=O) groups excluding carboxylic acids is 1. The van der Waals surface area contributed by atoms with E-state index in [0.717, 1.165) is 25.7 Å². The normalized spacial score (nSPS) is 16.8. The Morgan fingerprint density at radius 2 is 1.90 bits per heavy atom.